The summed E-state index contributed by atoms with van der Waals surface area (Å²) in [6.45, 7) is 13.0. The van der Waals surface area contributed by atoms with Crippen molar-refractivity contribution in [2.45, 2.75) is 85.0 Å². The highest BCUT2D eigenvalue weighted by Crippen LogP contribution is 2.34. The SMILES string of the molecule is C=CCN(CCCCCC(C)c1ccc(F)c(CCC2CC2)c1)C(C)=O.CC.N. The van der Waals surface area contributed by atoms with Gasteiger partial charge in [-0.25, -0.2) is 4.39 Å². The Hall–Kier alpha value is -1.68. The van der Waals surface area contributed by atoms with Crippen LogP contribution in [-0.4, -0.2) is 23.9 Å². The molecule has 1 aromatic carbocycles. The molecule has 29 heavy (non-hydrogen) atoms. The van der Waals surface area contributed by atoms with Crippen molar-refractivity contribution in [3.63, 3.8) is 0 Å². The van der Waals surface area contributed by atoms with Crippen LogP contribution in [0.15, 0.2) is 30.9 Å². The normalized spacial score (nSPS) is 13.6. The van der Waals surface area contributed by atoms with Gasteiger partial charge in [0.2, 0.25) is 5.91 Å². The molecule has 2 rings (SSSR count). The highest BCUT2D eigenvalue weighted by atomic mass is 19.1. The summed E-state index contributed by atoms with van der Waals surface area (Å²) in [7, 11) is 0. The van der Waals surface area contributed by atoms with Gasteiger partial charge >= 0.3 is 0 Å². The molecule has 1 aliphatic rings. The molecule has 3 nitrogen and oxygen atoms in total. The van der Waals surface area contributed by atoms with Crippen LogP contribution in [0.4, 0.5) is 4.39 Å². The van der Waals surface area contributed by atoms with Crippen molar-refractivity contribution in [2.75, 3.05) is 13.1 Å². The summed E-state index contributed by atoms with van der Waals surface area (Å²) >= 11 is 0. The smallest absolute Gasteiger partial charge is 0.219 e. The van der Waals surface area contributed by atoms with Crippen molar-refractivity contribution < 1.29 is 9.18 Å². The van der Waals surface area contributed by atoms with E-state index < -0.39 is 0 Å². The first-order valence-electron chi connectivity index (χ1n) is 11.2. The Morgan fingerprint density at radius 1 is 1.28 bits per heavy atom. The molecule has 0 aromatic heterocycles. The maximum absolute atomic E-state index is 14.0. The third-order valence-corrected chi connectivity index (χ3v) is 5.52. The van der Waals surface area contributed by atoms with Gasteiger partial charge in [0.25, 0.3) is 0 Å². The number of carbonyl (C=O) groups is 1. The van der Waals surface area contributed by atoms with Gasteiger partial charge in [-0.05, 0) is 54.7 Å². The second-order valence-electron chi connectivity index (χ2n) is 7.84. The summed E-state index contributed by atoms with van der Waals surface area (Å²) in [5.74, 6) is 1.36. The van der Waals surface area contributed by atoms with Crippen molar-refractivity contribution >= 4 is 5.91 Å². The third kappa shape index (κ3) is 10.6. The minimum absolute atomic E-state index is 0. The van der Waals surface area contributed by atoms with Crippen LogP contribution in [0.3, 0.4) is 0 Å². The van der Waals surface area contributed by atoms with Crippen LogP contribution in [0.25, 0.3) is 0 Å². The molecule has 1 atom stereocenters. The lowest BCUT2D eigenvalue weighted by Crippen LogP contribution is -2.29. The zero-order valence-electron chi connectivity index (χ0n) is 19.2. The number of aryl methyl sites for hydroxylation is 1. The Morgan fingerprint density at radius 3 is 2.55 bits per heavy atom. The Kier molecular flexibility index (Phi) is 14.3. The Balaban J connectivity index is 0.00000253. The molecule has 1 aromatic rings. The molecule has 1 amide bonds. The van der Waals surface area contributed by atoms with Gasteiger partial charge in [-0.3, -0.25) is 4.79 Å². The third-order valence-electron chi connectivity index (χ3n) is 5.52. The molecule has 3 N–H and O–H groups in total. The first-order valence-corrected chi connectivity index (χ1v) is 11.2. The van der Waals surface area contributed by atoms with Crippen LogP contribution in [-0.2, 0) is 11.2 Å². The molecule has 1 aliphatic carbocycles. The molecule has 4 heteroatoms. The van der Waals surface area contributed by atoms with Crippen LogP contribution in [0, 0.1) is 11.7 Å². The monoisotopic (exact) mass is 406 g/mol. The molecule has 1 fully saturated rings. The fourth-order valence-corrected chi connectivity index (χ4v) is 3.49. The van der Waals surface area contributed by atoms with Gasteiger partial charge in [0, 0.05) is 20.0 Å². The molecule has 0 heterocycles. The summed E-state index contributed by atoms with van der Waals surface area (Å²) in [6.07, 6.45) is 10.8. The molecular weight excluding hydrogens is 363 g/mol. The second-order valence-corrected chi connectivity index (χ2v) is 7.84. The van der Waals surface area contributed by atoms with E-state index in [-0.39, 0.29) is 17.9 Å². The molecule has 0 spiro atoms. The van der Waals surface area contributed by atoms with E-state index in [1.54, 1.807) is 19.1 Å². The number of unbranched alkanes of at least 4 members (excludes halogenated alkanes) is 2. The summed E-state index contributed by atoms with van der Waals surface area (Å²) in [6, 6.07) is 5.68. The van der Waals surface area contributed by atoms with Gasteiger partial charge in [0.05, 0.1) is 0 Å². The second kappa shape index (κ2) is 15.2. The van der Waals surface area contributed by atoms with Crippen molar-refractivity contribution in [1.82, 2.24) is 11.1 Å². The first kappa shape index (κ1) is 27.3. The number of hydrogen-bond donors (Lipinski definition) is 1. The van der Waals surface area contributed by atoms with Gasteiger partial charge in [-0.2, -0.15) is 0 Å². The number of carbonyl (C=O) groups excluding carboxylic acids is 1. The van der Waals surface area contributed by atoms with Crippen molar-refractivity contribution in [3.8, 4) is 0 Å². The average Bonchev–Trinajstić information content (AvgIpc) is 3.52. The van der Waals surface area contributed by atoms with E-state index in [2.05, 4.69) is 19.6 Å². The zero-order chi connectivity index (χ0) is 20.9. The molecular formula is C25H43FN2O. The van der Waals surface area contributed by atoms with E-state index in [9.17, 15) is 9.18 Å². The number of hydrogen-bond acceptors (Lipinski definition) is 2. The summed E-state index contributed by atoms with van der Waals surface area (Å²) in [5, 5.41) is 0. The van der Waals surface area contributed by atoms with E-state index in [0.29, 0.717) is 12.5 Å². The van der Waals surface area contributed by atoms with E-state index in [4.69, 9.17) is 0 Å². The van der Waals surface area contributed by atoms with E-state index >= 15 is 0 Å². The van der Waals surface area contributed by atoms with Crippen LogP contribution >= 0.6 is 0 Å². The molecule has 1 unspecified atom stereocenters. The Bertz CT molecular complexity index is 598. The molecule has 0 aliphatic heterocycles. The van der Waals surface area contributed by atoms with Crippen molar-refractivity contribution in [3.05, 3.63) is 47.8 Å². The quantitative estimate of drug-likeness (QED) is 0.298. The van der Waals surface area contributed by atoms with Crippen LogP contribution in [0.2, 0.25) is 0 Å². The lowest BCUT2D eigenvalue weighted by Gasteiger charge is -2.19. The number of nitrogens with zero attached hydrogens (tertiary/aromatic N) is 1. The van der Waals surface area contributed by atoms with Gasteiger partial charge in [0.15, 0.2) is 0 Å². The van der Waals surface area contributed by atoms with Crippen LogP contribution in [0.1, 0.15) is 89.7 Å². The van der Waals surface area contributed by atoms with Gasteiger partial charge in [0.1, 0.15) is 5.82 Å². The predicted molar refractivity (Wildman–Crippen MR) is 123 cm³/mol. The fraction of sp³-hybridized carbons (Fsp3) is 0.640. The van der Waals surface area contributed by atoms with Gasteiger partial charge in [-0.1, -0.05) is 64.7 Å². The predicted octanol–water partition coefficient (Wildman–Crippen LogP) is 7.05. The molecule has 0 saturated heterocycles. The molecule has 1 saturated carbocycles. The summed E-state index contributed by atoms with van der Waals surface area (Å²) in [5.41, 5.74) is 2.15. The first-order chi connectivity index (χ1) is 13.5. The Labute approximate surface area is 178 Å². The highest BCUT2D eigenvalue weighted by Gasteiger charge is 2.21. The zero-order valence-corrected chi connectivity index (χ0v) is 19.2. The Morgan fingerprint density at radius 2 is 1.97 bits per heavy atom. The van der Waals surface area contributed by atoms with E-state index in [1.807, 2.05) is 24.8 Å². The van der Waals surface area contributed by atoms with E-state index in [0.717, 1.165) is 56.6 Å². The van der Waals surface area contributed by atoms with Crippen molar-refractivity contribution in [2.24, 2.45) is 5.92 Å². The average molecular weight is 407 g/mol. The van der Waals surface area contributed by atoms with Crippen LogP contribution < -0.4 is 6.15 Å². The number of amides is 1. The molecule has 166 valence electrons. The fourth-order valence-electron chi connectivity index (χ4n) is 3.49. The summed E-state index contributed by atoms with van der Waals surface area (Å²) < 4.78 is 14.0. The maximum atomic E-state index is 14.0. The van der Waals surface area contributed by atoms with Crippen LogP contribution in [0.5, 0.6) is 0 Å². The minimum atomic E-state index is -0.0480. The minimum Gasteiger partial charge on any atom is -0.344 e. The van der Waals surface area contributed by atoms with Crippen molar-refractivity contribution in [1.29, 1.82) is 0 Å². The van der Waals surface area contributed by atoms with Gasteiger partial charge in [-0.15, -0.1) is 6.58 Å². The molecule has 0 bridgehead atoms. The number of rotatable bonds is 12. The maximum Gasteiger partial charge on any atom is 0.219 e. The number of halogens is 1. The largest absolute Gasteiger partial charge is 0.344 e. The topological polar surface area (TPSA) is 55.3 Å². The van der Waals surface area contributed by atoms with E-state index in [1.165, 1.54) is 18.4 Å². The lowest BCUT2D eigenvalue weighted by atomic mass is 9.92. The highest BCUT2D eigenvalue weighted by molar-refractivity contribution is 5.73. The summed E-state index contributed by atoms with van der Waals surface area (Å²) in [4.78, 5) is 13.3. The lowest BCUT2D eigenvalue weighted by molar-refractivity contribution is -0.128. The van der Waals surface area contributed by atoms with Gasteiger partial charge < -0.3 is 11.1 Å². The molecule has 0 radical (unpaired) electrons. The number of benzene rings is 1. The standard InChI is InChI=1S/C23H34FNO.C2H6.H3N/c1-4-15-25(19(3)26)16-7-5-6-8-18(2)21-13-14-23(24)22(17-21)12-11-20-9-10-20;1-2;/h4,13-14,17-18,20H,1,5-12,15-16H2,2-3H3;1-2H3;1H3.